The summed E-state index contributed by atoms with van der Waals surface area (Å²) >= 11 is 1.92. The Morgan fingerprint density at radius 3 is 2.50 bits per heavy atom. The van der Waals surface area contributed by atoms with Gasteiger partial charge in [0.2, 0.25) is 5.91 Å². The second kappa shape index (κ2) is 6.83. The second-order valence-corrected chi connectivity index (χ2v) is 7.58. The van der Waals surface area contributed by atoms with Gasteiger partial charge in [-0.05, 0) is 31.4 Å². The summed E-state index contributed by atoms with van der Waals surface area (Å²) in [6.45, 7) is 2.14. The van der Waals surface area contributed by atoms with Gasteiger partial charge in [-0.15, -0.1) is 0 Å². The summed E-state index contributed by atoms with van der Waals surface area (Å²) in [7, 11) is 0. The first-order valence-corrected chi connectivity index (χ1v) is 8.76. The fraction of sp³-hybridized carbons (Fsp3) is 0.867. The first kappa shape index (κ1) is 15.7. The van der Waals surface area contributed by atoms with Crippen molar-refractivity contribution < 1.29 is 14.7 Å². The Hall–Kier alpha value is -0.710. The van der Waals surface area contributed by atoms with Crippen molar-refractivity contribution in [1.29, 1.82) is 0 Å². The molecule has 2 aliphatic rings. The van der Waals surface area contributed by atoms with Gasteiger partial charge < -0.3 is 10.4 Å². The number of carbonyl (C=O) groups excluding carboxylic acids is 1. The summed E-state index contributed by atoms with van der Waals surface area (Å²) in [5.41, 5.74) is -0.772. The Labute approximate surface area is 125 Å². The smallest absolute Gasteiger partial charge is 0.310 e. The van der Waals surface area contributed by atoms with E-state index in [-0.39, 0.29) is 18.4 Å². The van der Waals surface area contributed by atoms with Crippen LogP contribution in [0.1, 0.15) is 58.3 Å². The summed E-state index contributed by atoms with van der Waals surface area (Å²) in [5.74, 6) is 0.193. The van der Waals surface area contributed by atoms with Gasteiger partial charge in [0, 0.05) is 17.7 Å². The molecule has 2 atom stereocenters. The number of carboxylic acids is 1. The molecule has 2 fully saturated rings. The first-order valence-electron chi connectivity index (χ1n) is 7.72. The van der Waals surface area contributed by atoms with Crippen LogP contribution < -0.4 is 5.32 Å². The van der Waals surface area contributed by atoms with E-state index in [4.69, 9.17) is 0 Å². The average molecular weight is 299 g/mol. The number of amides is 1. The summed E-state index contributed by atoms with van der Waals surface area (Å²) in [6.07, 6.45) is 6.97. The minimum Gasteiger partial charge on any atom is -0.481 e. The van der Waals surface area contributed by atoms with Crippen LogP contribution in [0.5, 0.6) is 0 Å². The van der Waals surface area contributed by atoms with Crippen molar-refractivity contribution in [2.45, 2.75) is 69.6 Å². The number of hydrogen-bond donors (Lipinski definition) is 2. The first-order chi connectivity index (χ1) is 9.57. The number of rotatable bonds is 6. The molecule has 5 heteroatoms. The van der Waals surface area contributed by atoms with E-state index in [9.17, 15) is 14.7 Å². The van der Waals surface area contributed by atoms with Crippen LogP contribution in [0.3, 0.4) is 0 Å². The largest absolute Gasteiger partial charge is 0.481 e. The topological polar surface area (TPSA) is 66.4 Å². The zero-order valence-electron chi connectivity index (χ0n) is 12.2. The molecule has 2 unspecified atom stereocenters. The SMILES string of the molecule is CCSC1CCCCC1NC(=O)CC1(C(=O)O)CCC1. The number of hydrogen-bond acceptors (Lipinski definition) is 3. The molecule has 20 heavy (non-hydrogen) atoms. The van der Waals surface area contributed by atoms with E-state index in [1.807, 2.05) is 11.8 Å². The van der Waals surface area contributed by atoms with Gasteiger partial charge in [-0.1, -0.05) is 26.2 Å². The lowest BCUT2D eigenvalue weighted by molar-refractivity contribution is -0.157. The standard InChI is InChI=1S/C15H25NO3S/c1-2-20-12-7-4-3-6-11(12)16-13(17)10-15(14(18)19)8-5-9-15/h11-12H,2-10H2,1H3,(H,16,17)(H,18,19). The Balaban J connectivity index is 1.88. The van der Waals surface area contributed by atoms with Gasteiger partial charge in [-0.25, -0.2) is 0 Å². The van der Waals surface area contributed by atoms with Crippen LogP contribution in [0.25, 0.3) is 0 Å². The average Bonchev–Trinajstić information content (AvgIpc) is 2.36. The molecule has 4 nitrogen and oxygen atoms in total. The molecule has 0 saturated heterocycles. The predicted octanol–water partition coefficient (Wildman–Crippen LogP) is 2.81. The highest BCUT2D eigenvalue weighted by Gasteiger charge is 2.46. The number of aliphatic carboxylic acids is 1. The van der Waals surface area contributed by atoms with Crippen molar-refractivity contribution in [3.63, 3.8) is 0 Å². The van der Waals surface area contributed by atoms with Gasteiger partial charge in [-0.3, -0.25) is 9.59 Å². The van der Waals surface area contributed by atoms with Crippen molar-refractivity contribution in [2.24, 2.45) is 5.41 Å². The Morgan fingerprint density at radius 2 is 1.95 bits per heavy atom. The fourth-order valence-electron chi connectivity index (χ4n) is 3.31. The number of carbonyl (C=O) groups is 2. The van der Waals surface area contributed by atoms with E-state index < -0.39 is 11.4 Å². The van der Waals surface area contributed by atoms with Gasteiger partial charge in [-0.2, -0.15) is 11.8 Å². The van der Waals surface area contributed by atoms with E-state index in [0.29, 0.717) is 18.1 Å². The predicted molar refractivity (Wildman–Crippen MR) is 80.9 cm³/mol. The van der Waals surface area contributed by atoms with E-state index >= 15 is 0 Å². The third-order valence-corrected chi connectivity index (χ3v) is 6.02. The van der Waals surface area contributed by atoms with E-state index in [2.05, 4.69) is 12.2 Å². The van der Waals surface area contributed by atoms with E-state index in [1.54, 1.807) is 0 Å². The van der Waals surface area contributed by atoms with Crippen molar-refractivity contribution in [3.8, 4) is 0 Å². The lowest BCUT2D eigenvalue weighted by atomic mass is 9.66. The van der Waals surface area contributed by atoms with Crippen molar-refractivity contribution in [3.05, 3.63) is 0 Å². The summed E-state index contributed by atoms with van der Waals surface area (Å²) in [6, 6.07) is 0.229. The van der Waals surface area contributed by atoms with Crippen LogP contribution in [-0.4, -0.2) is 34.0 Å². The fourth-order valence-corrected chi connectivity index (χ4v) is 4.51. The summed E-state index contributed by atoms with van der Waals surface area (Å²) < 4.78 is 0. The Bertz CT molecular complexity index is 366. The molecule has 0 heterocycles. The van der Waals surface area contributed by atoms with Crippen molar-refractivity contribution in [2.75, 3.05) is 5.75 Å². The monoisotopic (exact) mass is 299 g/mol. The van der Waals surface area contributed by atoms with Crippen LogP contribution in [0.15, 0.2) is 0 Å². The lowest BCUT2D eigenvalue weighted by Gasteiger charge is -2.38. The second-order valence-electron chi connectivity index (χ2n) is 6.07. The van der Waals surface area contributed by atoms with Crippen LogP contribution in [0.4, 0.5) is 0 Å². The van der Waals surface area contributed by atoms with Crippen LogP contribution >= 0.6 is 11.8 Å². The Kier molecular flexibility index (Phi) is 5.35. The highest BCUT2D eigenvalue weighted by Crippen LogP contribution is 2.44. The molecule has 114 valence electrons. The van der Waals surface area contributed by atoms with Gasteiger partial charge >= 0.3 is 5.97 Å². The van der Waals surface area contributed by atoms with Gasteiger partial charge in [0.1, 0.15) is 0 Å². The molecule has 0 aliphatic heterocycles. The van der Waals surface area contributed by atoms with Crippen LogP contribution in [0.2, 0.25) is 0 Å². The number of carboxylic acid groups (broad SMARTS) is 1. The molecule has 0 aromatic heterocycles. The maximum Gasteiger partial charge on any atom is 0.310 e. The molecule has 0 bridgehead atoms. The highest BCUT2D eigenvalue weighted by atomic mass is 32.2. The minimum atomic E-state index is -0.804. The quantitative estimate of drug-likeness (QED) is 0.791. The maximum absolute atomic E-state index is 12.2. The molecule has 2 rings (SSSR count). The molecule has 0 spiro atoms. The highest BCUT2D eigenvalue weighted by molar-refractivity contribution is 7.99. The molecule has 2 aliphatic carbocycles. The van der Waals surface area contributed by atoms with Gasteiger partial charge in [0.15, 0.2) is 0 Å². The molecule has 0 aromatic rings. The zero-order chi connectivity index (χ0) is 14.6. The van der Waals surface area contributed by atoms with Gasteiger partial charge in [0.25, 0.3) is 0 Å². The van der Waals surface area contributed by atoms with Gasteiger partial charge in [0.05, 0.1) is 5.41 Å². The number of thioether (sulfide) groups is 1. The Morgan fingerprint density at radius 1 is 1.25 bits per heavy atom. The molecule has 1 amide bonds. The summed E-state index contributed by atoms with van der Waals surface area (Å²) in [5, 5.41) is 12.9. The maximum atomic E-state index is 12.2. The molecule has 2 saturated carbocycles. The zero-order valence-corrected chi connectivity index (χ0v) is 13.0. The molecular formula is C15H25NO3S. The summed E-state index contributed by atoms with van der Waals surface area (Å²) in [4.78, 5) is 23.5. The van der Waals surface area contributed by atoms with Crippen LogP contribution in [0, 0.1) is 5.41 Å². The lowest BCUT2D eigenvalue weighted by Crippen LogP contribution is -2.48. The molecule has 0 aromatic carbocycles. The number of nitrogens with one attached hydrogen (secondary N) is 1. The molecular weight excluding hydrogens is 274 g/mol. The van der Waals surface area contributed by atoms with Crippen molar-refractivity contribution >= 4 is 23.6 Å². The molecule has 0 radical (unpaired) electrons. The van der Waals surface area contributed by atoms with Crippen LogP contribution in [-0.2, 0) is 9.59 Å². The normalized spacial score (nSPS) is 28.4. The third-order valence-electron chi connectivity index (χ3n) is 4.69. The van der Waals surface area contributed by atoms with Crippen molar-refractivity contribution in [1.82, 2.24) is 5.32 Å². The van der Waals surface area contributed by atoms with E-state index in [0.717, 1.165) is 31.4 Å². The minimum absolute atomic E-state index is 0.0688. The van der Waals surface area contributed by atoms with E-state index in [1.165, 1.54) is 6.42 Å². The molecule has 2 N–H and O–H groups in total. The third kappa shape index (κ3) is 3.48.